The van der Waals surface area contributed by atoms with Crippen LogP contribution in [0.25, 0.3) is 0 Å². The van der Waals surface area contributed by atoms with E-state index in [1.165, 1.54) is 12.1 Å². The van der Waals surface area contributed by atoms with Crippen molar-refractivity contribution in [1.29, 1.82) is 0 Å². The number of hydrogen-bond donors (Lipinski definition) is 1. The second kappa shape index (κ2) is 5.82. The molecule has 0 saturated carbocycles. The maximum atomic E-state index is 13.5. The van der Waals surface area contributed by atoms with Crippen LogP contribution in [0.15, 0.2) is 30.3 Å². The van der Waals surface area contributed by atoms with Crippen LogP contribution >= 0.6 is 0 Å². The van der Waals surface area contributed by atoms with Gasteiger partial charge in [0.1, 0.15) is 5.82 Å². The number of rotatable bonds is 4. The number of benzene rings is 2. The smallest absolute Gasteiger partial charge is 0.272 e. The highest BCUT2D eigenvalue weighted by Gasteiger charge is 2.14. The third kappa shape index (κ3) is 3.13. The predicted molar refractivity (Wildman–Crippen MR) is 71.5 cm³/mol. The van der Waals surface area contributed by atoms with Gasteiger partial charge in [-0.1, -0.05) is 12.1 Å². The Morgan fingerprint density at radius 1 is 1.14 bits per heavy atom. The van der Waals surface area contributed by atoms with Gasteiger partial charge in [0, 0.05) is 30.3 Å². The van der Waals surface area contributed by atoms with E-state index >= 15 is 0 Å². The first-order valence-corrected chi connectivity index (χ1v) is 6.01. The van der Waals surface area contributed by atoms with Crippen LogP contribution in [0.2, 0.25) is 0 Å². The van der Waals surface area contributed by atoms with E-state index in [1.807, 2.05) is 0 Å². The standard InChI is InChI=1S/C14H11F3N2O2/c1-8-9(3-2-4-14(8)19(20)21)7-18-13-6-11(16)10(15)5-12(13)17/h2-6,18H,7H2,1H3. The quantitative estimate of drug-likeness (QED) is 0.528. The van der Waals surface area contributed by atoms with Gasteiger partial charge in [0.05, 0.1) is 10.6 Å². The molecule has 1 N–H and O–H groups in total. The normalized spacial score (nSPS) is 10.5. The third-order valence-corrected chi connectivity index (χ3v) is 3.09. The summed E-state index contributed by atoms with van der Waals surface area (Å²) in [6, 6.07) is 5.64. The highest BCUT2D eigenvalue weighted by atomic mass is 19.2. The fourth-order valence-electron chi connectivity index (χ4n) is 1.91. The largest absolute Gasteiger partial charge is 0.378 e. The minimum absolute atomic E-state index is 0.0511. The Morgan fingerprint density at radius 2 is 1.81 bits per heavy atom. The Labute approximate surface area is 118 Å². The van der Waals surface area contributed by atoms with Crippen LogP contribution < -0.4 is 5.32 Å². The summed E-state index contributed by atoms with van der Waals surface area (Å²) in [5.41, 5.74) is 0.728. The van der Waals surface area contributed by atoms with Gasteiger partial charge in [-0.05, 0) is 12.5 Å². The fourth-order valence-corrected chi connectivity index (χ4v) is 1.91. The van der Waals surface area contributed by atoms with Gasteiger partial charge < -0.3 is 5.32 Å². The SMILES string of the molecule is Cc1c(CNc2cc(F)c(F)cc2F)cccc1[N+](=O)[O-]. The Bertz CT molecular complexity index is 705. The molecule has 0 aromatic heterocycles. The van der Waals surface area contributed by atoms with E-state index in [2.05, 4.69) is 5.32 Å². The van der Waals surface area contributed by atoms with Gasteiger partial charge in [-0.25, -0.2) is 13.2 Å². The van der Waals surface area contributed by atoms with Crippen molar-refractivity contribution >= 4 is 11.4 Å². The number of nitro groups is 1. The van der Waals surface area contributed by atoms with Gasteiger partial charge in [0.2, 0.25) is 0 Å². The van der Waals surface area contributed by atoms with Crippen molar-refractivity contribution in [3.63, 3.8) is 0 Å². The molecule has 0 radical (unpaired) electrons. The van der Waals surface area contributed by atoms with Crippen LogP contribution in [-0.4, -0.2) is 4.92 Å². The van der Waals surface area contributed by atoms with Crippen molar-refractivity contribution in [3.05, 3.63) is 69.0 Å². The summed E-state index contributed by atoms with van der Waals surface area (Å²) in [6.45, 7) is 1.62. The summed E-state index contributed by atoms with van der Waals surface area (Å²) in [6.07, 6.45) is 0. The van der Waals surface area contributed by atoms with Gasteiger partial charge in [-0.2, -0.15) is 0 Å². The van der Waals surface area contributed by atoms with Crippen molar-refractivity contribution < 1.29 is 18.1 Å². The molecule has 0 heterocycles. The Morgan fingerprint density at radius 3 is 2.48 bits per heavy atom. The van der Waals surface area contributed by atoms with E-state index in [9.17, 15) is 23.3 Å². The minimum Gasteiger partial charge on any atom is -0.378 e. The molecular weight excluding hydrogens is 285 g/mol. The van der Waals surface area contributed by atoms with E-state index < -0.39 is 22.4 Å². The van der Waals surface area contributed by atoms with Crippen LogP contribution in [0.4, 0.5) is 24.5 Å². The number of nitrogens with zero attached hydrogens (tertiary/aromatic N) is 1. The topological polar surface area (TPSA) is 55.2 Å². The summed E-state index contributed by atoms with van der Waals surface area (Å²) in [7, 11) is 0. The van der Waals surface area contributed by atoms with E-state index in [-0.39, 0.29) is 17.9 Å². The molecule has 0 amide bonds. The Hall–Kier alpha value is -2.57. The van der Waals surface area contributed by atoms with E-state index in [0.29, 0.717) is 23.3 Å². The summed E-state index contributed by atoms with van der Waals surface area (Å²) < 4.78 is 39.3. The number of anilines is 1. The average molecular weight is 296 g/mol. The molecular formula is C14H11F3N2O2. The minimum atomic E-state index is -1.27. The number of hydrogen-bond acceptors (Lipinski definition) is 3. The maximum Gasteiger partial charge on any atom is 0.272 e. The molecule has 2 rings (SSSR count). The zero-order valence-corrected chi connectivity index (χ0v) is 11.0. The lowest BCUT2D eigenvalue weighted by Crippen LogP contribution is -2.05. The molecule has 0 aliphatic rings. The Balaban J connectivity index is 2.23. The molecule has 0 aliphatic heterocycles. The van der Waals surface area contributed by atoms with Crippen LogP contribution in [0.3, 0.4) is 0 Å². The van der Waals surface area contributed by atoms with Crippen LogP contribution in [0, 0.1) is 34.5 Å². The van der Waals surface area contributed by atoms with Crippen molar-refractivity contribution in [2.45, 2.75) is 13.5 Å². The second-order valence-electron chi connectivity index (χ2n) is 4.42. The maximum absolute atomic E-state index is 13.5. The molecule has 7 heteroatoms. The van der Waals surface area contributed by atoms with Crippen molar-refractivity contribution in [1.82, 2.24) is 0 Å². The lowest BCUT2D eigenvalue weighted by Gasteiger charge is -2.10. The molecule has 0 saturated heterocycles. The molecule has 21 heavy (non-hydrogen) atoms. The molecule has 0 fully saturated rings. The van der Waals surface area contributed by atoms with Crippen molar-refractivity contribution in [2.75, 3.05) is 5.32 Å². The highest BCUT2D eigenvalue weighted by Crippen LogP contribution is 2.23. The zero-order chi connectivity index (χ0) is 15.6. The van der Waals surface area contributed by atoms with Gasteiger partial charge in [-0.15, -0.1) is 0 Å². The molecule has 0 aliphatic carbocycles. The molecule has 4 nitrogen and oxygen atoms in total. The molecule has 0 bridgehead atoms. The molecule has 0 unspecified atom stereocenters. The van der Waals surface area contributed by atoms with E-state index in [0.717, 1.165) is 0 Å². The number of nitrogens with one attached hydrogen (secondary N) is 1. The van der Waals surface area contributed by atoms with E-state index in [4.69, 9.17) is 0 Å². The molecule has 0 spiro atoms. The average Bonchev–Trinajstić information content (AvgIpc) is 2.42. The lowest BCUT2D eigenvalue weighted by molar-refractivity contribution is -0.385. The predicted octanol–water partition coefficient (Wildman–Crippen LogP) is 3.93. The molecule has 2 aromatic carbocycles. The van der Waals surface area contributed by atoms with Gasteiger partial charge >= 0.3 is 0 Å². The van der Waals surface area contributed by atoms with Crippen molar-refractivity contribution in [2.24, 2.45) is 0 Å². The third-order valence-electron chi connectivity index (χ3n) is 3.09. The van der Waals surface area contributed by atoms with E-state index in [1.54, 1.807) is 13.0 Å². The first-order chi connectivity index (χ1) is 9.90. The number of nitro benzene ring substituents is 1. The molecule has 0 atom stereocenters. The van der Waals surface area contributed by atoms with Crippen LogP contribution in [-0.2, 0) is 6.54 Å². The first-order valence-electron chi connectivity index (χ1n) is 6.01. The van der Waals surface area contributed by atoms with Gasteiger partial charge in [-0.3, -0.25) is 10.1 Å². The summed E-state index contributed by atoms with van der Waals surface area (Å²) in [4.78, 5) is 10.3. The monoisotopic (exact) mass is 296 g/mol. The Kier molecular flexibility index (Phi) is 4.11. The first kappa shape index (κ1) is 14.8. The van der Waals surface area contributed by atoms with Crippen molar-refractivity contribution in [3.8, 4) is 0 Å². The van der Waals surface area contributed by atoms with Crippen LogP contribution in [0.1, 0.15) is 11.1 Å². The summed E-state index contributed by atoms with van der Waals surface area (Å²) in [5, 5.41) is 13.4. The fraction of sp³-hybridized carbons (Fsp3) is 0.143. The lowest BCUT2D eigenvalue weighted by atomic mass is 10.1. The van der Waals surface area contributed by atoms with Crippen LogP contribution in [0.5, 0.6) is 0 Å². The number of halogens is 3. The molecule has 110 valence electrons. The zero-order valence-electron chi connectivity index (χ0n) is 11.0. The van der Waals surface area contributed by atoms with Gasteiger partial charge in [0.15, 0.2) is 11.6 Å². The summed E-state index contributed by atoms with van der Waals surface area (Å²) >= 11 is 0. The molecule has 2 aromatic rings. The van der Waals surface area contributed by atoms with Gasteiger partial charge in [0.25, 0.3) is 5.69 Å². The summed E-state index contributed by atoms with van der Waals surface area (Å²) in [5.74, 6) is -3.38. The highest BCUT2D eigenvalue weighted by molar-refractivity contribution is 5.49. The second-order valence-corrected chi connectivity index (χ2v) is 4.42.